The summed E-state index contributed by atoms with van der Waals surface area (Å²) in [7, 11) is 0. The summed E-state index contributed by atoms with van der Waals surface area (Å²) < 4.78 is 0. The summed E-state index contributed by atoms with van der Waals surface area (Å²) in [5.74, 6) is 0.848. The molecule has 0 atom stereocenters. The maximum Gasteiger partial charge on any atom is 0.226 e. The van der Waals surface area contributed by atoms with Crippen LogP contribution in [-0.4, -0.2) is 24.0 Å². The average Bonchev–Trinajstić information content (AvgIpc) is 2.88. The molecule has 0 bridgehead atoms. The summed E-state index contributed by atoms with van der Waals surface area (Å²) in [4.78, 5) is 17.9. The van der Waals surface area contributed by atoms with Crippen molar-refractivity contribution in [2.75, 3.05) is 18.4 Å². The van der Waals surface area contributed by atoms with Crippen LogP contribution in [0, 0.1) is 5.92 Å². The van der Waals surface area contributed by atoms with Crippen LogP contribution in [0.25, 0.3) is 0 Å². The second-order valence-electron chi connectivity index (χ2n) is 5.88. The van der Waals surface area contributed by atoms with Crippen molar-refractivity contribution in [2.24, 2.45) is 5.92 Å². The second-order valence-corrected chi connectivity index (χ2v) is 6.96. The van der Waals surface area contributed by atoms with Crippen LogP contribution in [0.3, 0.4) is 0 Å². The van der Waals surface area contributed by atoms with Gasteiger partial charge >= 0.3 is 0 Å². The van der Waals surface area contributed by atoms with Crippen molar-refractivity contribution in [1.82, 2.24) is 10.3 Å². The van der Waals surface area contributed by atoms with Gasteiger partial charge in [-0.2, -0.15) is 0 Å². The molecule has 4 nitrogen and oxygen atoms in total. The minimum Gasteiger partial charge on any atom is -0.317 e. The Hall–Kier alpha value is -0.650. The van der Waals surface area contributed by atoms with Crippen LogP contribution in [0.15, 0.2) is 0 Å². The largest absolute Gasteiger partial charge is 0.317 e. The molecule has 1 aliphatic carbocycles. The molecule has 6 heteroatoms. The fourth-order valence-corrected chi connectivity index (χ4v) is 4.16. The maximum atomic E-state index is 12.0. The lowest BCUT2D eigenvalue weighted by atomic mass is 9.93. The van der Waals surface area contributed by atoms with E-state index >= 15 is 0 Å². The number of halogens is 1. The van der Waals surface area contributed by atoms with Gasteiger partial charge in [0.1, 0.15) is 0 Å². The highest BCUT2D eigenvalue weighted by Crippen LogP contribution is 2.29. The number of rotatable bonds is 4. The Kier molecular flexibility index (Phi) is 6.45. The molecule has 3 rings (SSSR count). The molecule has 2 N–H and O–H groups in total. The number of nitrogens with one attached hydrogen (secondary N) is 2. The van der Waals surface area contributed by atoms with Gasteiger partial charge in [-0.05, 0) is 64.0 Å². The van der Waals surface area contributed by atoms with E-state index in [1.807, 2.05) is 0 Å². The van der Waals surface area contributed by atoms with Gasteiger partial charge in [0.2, 0.25) is 5.91 Å². The third-order valence-corrected chi connectivity index (χ3v) is 5.40. The Morgan fingerprint density at radius 3 is 2.81 bits per heavy atom. The SMILES string of the molecule is Cl.O=C(CCC1CCNCC1)Nc1nc2c(s1)CCCC2. The normalized spacial score (nSPS) is 18.7. The number of amides is 1. The molecule has 1 aromatic rings. The predicted molar refractivity (Wildman–Crippen MR) is 89.5 cm³/mol. The highest BCUT2D eigenvalue weighted by Gasteiger charge is 2.18. The number of nitrogens with zero attached hydrogens (tertiary/aromatic N) is 1. The molecule has 118 valence electrons. The van der Waals surface area contributed by atoms with Crippen LogP contribution < -0.4 is 10.6 Å². The van der Waals surface area contributed by atoms with E-state index in [-0.39, 0.29) is 18.3 Å². The predicted octanol–water partition coefficient (Wildman–Crippen LogP) is 3.16. The average molecular weight is 330 g/mol. The van der Waals surface area contributed by atoms with Crippen LogP contribution in [0.4, 0.5) is 5.13 Å². The highest BCUT2D eigenvalue weighted by atomic mass is 35.5. The van der Waals surface area contributed by atoms with Gasteiger partial charge in [0.15, 0.2) is 5.13 Å². The zero-order valence-corrected chi connectivity index (χ0v) is 14.0. The summed E-state index contributed by atoms with van der Waals surface area (Å²) in [5.41, 5.74) is 1.22. The van der Waals surface area contributed by atoms with E-state index in [4.69, 9.17) is 0 Å². The number of hydrogen-bond donors (Lipinski definition) is 2. The van der Waals surface area contributed by atoms with Crippen LogP contribution in [0.1, 0.15) is 49.1 Å². The second kappa shape index (κ2) is 8.11. The Morgan fingerprint density at radius 2 is 2.05 bits per heavy atom. The molecule has 1 aromatic heterocycles. The fourth-order valence-electron chi connectivity index (χ4n) is 3.09. The summed E-state index contributed by atoms with van der Waals surface area (Å²) in [6, 6.07) is 0. The van der Waals surface area contributed by atoms with Crippen molar-refractivity contribution in [2.45, 2.75) is 51.4 Å². The topological polar surface area (TPSA) is 54.0 Å². The van der Waals surface area contributed by atoms with E-state index in [0.717, 1.165) is 37.5 Å². The summed E-state index contributed by atoms with van der Waals surface area (Å²) in [5, 5.41) is 7.16. The van der Waals surface area contributed by atoms with Crippen molar-refractivity contribution < 1.29 is 4.79 Å². The van der Waals surface area contributed by atoms with Crippen molar-refractivity contribution in [3.8, 4) is 0 Å². The van der Waals surface area contributed by atoms with Crippen LogP contribution in [0.5, 0.6) is 0 Å². The summed E-state index contributed by atoms with van der Waals surface area (Å²) in [6.45, 7) is 2.21. The lowest BCUT2D eigenvalue weighted by molar-refractivity contribution is -0.116. The summed E-state index contributed by atoms with van der Waals surface area (Å²) in [6.07, 6.45) is 8.78. The lowest BCUT2D eigenvalue weighted by Crippen LogP contribution is -2.28. The van der Waals surface area contributed by atoms with Crippen molar-refractivity contribution >= 4 is 34.8 Å². The molecule has 0 saturated carbocycles. The van der Waals surface area contributed by atoms with Crippen molar-refractivity contribution in [3.63, 3.8) is 0 Å². The molecule has 0 unspecified atom stereocenters. The zero-order chi connectivity index (χ0) is 13.8. The Morgan fingerprint density at radius 1 is 1.29 bits per heavy atom. The first-order valence-electron chi connectivity index (χ1n) is 7.80. The van der Waals surface area contributed by atoms with Crippen LogP contribution in [-0.2, 0) is 17.6 Å². The molecule has 0 spiro atoms. The first-order chi connectivity index (χ1) is 9.81. The summed E-state index contributed by atoms with van der Waals surface area (Å²) >= 11 is 1.67. The monoisotopic (exact) mass is 329 g/mol. The molecule has 1 amide bonds. The number of hydrogen-bond acceptors (Lipinski definition) is 4. The molecule has 2 heterocycles. The van der Waals surface area contributed by atoms with Gasteiger partial charge in [0, 0.05) is 11.3 Å². The van der Waals surface area contributed by atoms with Gasteiger partial charge in [0.25, 0.3) is 0 Å². The van der Waals surface area contributed by atoms with E-state index in [2.05, 4.69) is 15.6 Å². The smallest absolute Gasteiger partial charge is 0.226 e. The van der Waals surface area contributed by atoms with Gasteiger partial charge < -0.3 is 10.6 Å². The zero-order valence-electron chi connectivity index (χ0n) is 12.3. The number of piperidine rings is 1. The van der Waals surface area contributed by atoms with Crippen molar-refractivity contribution in [3.05, 3.63) is 10.6 Å². The highest BCUT2D eigenvalue weighted by molar-refractivity contribution is 7.15. The van der Waals surface area contributed by atoms with Gasteiger partial charge in [0.05, 0.1) is 5.69 Å². The number of aromatic nitrogens is 1. The van der Waals surface area contributed by atoms with Gasteiger partial charge in [-0.15, -0.1) is 23.7 Å². The van der Waals surface area contributed by atoms with Gasteiger partial charge in [-0.25, -0.2) is 4.98 Å². The molecular formula is C15H24ClN3OS. The van der Waals surface area contributed by atoms with E-state index < -0.39 is 0 Å². The molecule has 21 heavy (non-hydrogen) atoms. The van der Waals surface area contributed by atoms with Crippen LogP contribution >= 0.6 is 23.7 Å². The molecular weight excluding hydrogens is 306 g/mol. The lowest BCUT2D eigenvalue weighted by Gasteiger charge is -2.21. The molecule has 1 fully saturated rings. The van der Waals surface area contributed by atoms with E-state index in [1.54, 1.807) is 11.3 Å². The maximum absolute atomic E-state index is 12.0. The number of aryl methyl sites for hydroxylation is 2. The molecule has 0 aromatic carbocycles. The minimum atomic E-state index is 0. The number of fused-ring (bicyclic) bond motifs is 1. The third kappa shape index (κ3) is 4.66. The quantitative estimate of drug-likeness (QED) is 0.892. The number of carbonyl (C=O) groups is 1. The number of thiazole rings is 1. The third-order valence-electron chi connectivity index (χ3n) is 4.33. The first-order valence-corrected chi connectivity index (χ1v) is 8.62. The standard InChI is InChI=1S/C15H23N3OS.ClH/c19-14(6-5-11-7-9-16-10-8-11)18-15-17-12-3-1-2-4-13(12)20-15;/h11,16H,1-10H2,(H,17,18,19);1H. The van der Waals surface area contributed by atoms with E-state index in [1.165, 1.54) is 36.3 Å². The van der Waals surface area contributed by atoms with Gasteiger partial charge in [-0.3, -0.25) is 4.79 Å². The Bertz CT molecular complexity index is 448. The Labute approximate surface area is 136 Å². The number of carbonyl (C=O) groups excluding carboxylic acids is 1. The number of anilines is 1. The molecule has 1 saturated heterocycles. The first kappa shape index (κ1) is 16.7. The van der Waals surface area contributed by atoms with E-state index in [0.29, 0.717) is 12.3 Å². The van der Waals surface area contributed by atoms with Crippen molar-refractivity contribution in [1.29, 1.82) is 0 Å². The molecule has 0 radical (unpaired) electrons. The molecule has 2 aliphatic rings. The molecule has 1 aliphatic heterocycles. The van der Waals surface area contributed by atoms with Crippen LogP contribution in [0.2, 0.25) is 0 Å². The minimum absolute atomic E-state index is 0. The van der Waals surface area contributed by atoms with Gasteiger partial charge in [-0.1, -0.05) is 0 Å². The fraction of sp³-hybridized carbons (Fsp3) is 0.733. The van der Waals surface area contributed by atoms with E-state index in [9.17, 15) is 4.79 Å². The Balaban J connectivity index is 0.00000161.